The molecule has 0 atom stereocenters. The van der Waals surface area contributed by atoms with Crippen LogP contribution in [0.15, 0.2) is 57.9 Å². The molecule has 0 saturated carbocycles. The molecule has 0 aliphatic carbocycles. The van der Waals surface area contributed by atoms with E-state index in [9.17, 15) is 22.8 Å². The quantitative estimate of drug-likeness (QED) is 0.217. The summed E-state index contributed by atoms with van der Waals surface area (Å²) in [5, 5.41) is 9.39. The number of pyridine rings is 2. The molecule has 4 aromatic heterocycles. The second-order valence-electron chi connectivity index (χ2n) is 10.8. The minimum absolute atomic E-state index is 0.00115. The van der Waals surface area contributed by atoms with Crippen LogP contribution in [0.3, 0.4) is 0 Å². The summed E-state index contributed by atoms with van der Waals surface area (Å²) in [6, 6.07) is 10.3. The third-order valence-electron chi connectivity index (χ3n) is 7.13. The minimum atomic E-state index is -4.46. The van der Waals surface area contributed by atoms with Gasteiger partial charge in [-0.15, -0.1) is 0 Å². The Morgan fingerprint density at radius 3 is 2.39 bits per heavy atom. The van der Waals surface area contributed by atoms with Gasteiger partial charge in [0.2, 0.25) is 12.1 Å². The van der Waals surface area contributed by atoms with Gasteiger partial charge in [0.05, 0.1) is 33.4 Å². The number of nitrogens with one attached hydrogen (secondary N) is 2. The Hall–Kier alpha value is -5.07. The lowest BCUT2D eigenvalue weighted by molar-refractivity contribution is -0.134. The second-order valence-corrected chi connectivity index (χ2v) is 10.8. The van der Waals surface area contributed by atoms with Crippen LogP contribution in [0.1, 0.15) is 65.1 Å². The Labute approximate surface area is 251 Å². The molecule has 0 spiro atoms. The van der Waals surface area contributed by atoms with Crippen LogP contribution in [-0.4, -0.2) is 45.1 Å². The van der Waals surface area contributed by atoms with Crippen molar-refractivity contribution in [3.63, 3.8) is 0 Å². The van der Waals surface area contributed by atoms with E-state index in [0.29, 0.717) is 16.8 Å². The number of nitrogens with zero attached hydrogens (tertiary/aromatic N) is 4. The zero-order chi connectivity index (χ0) is 32.7. The van der Waals surface area contributed by atoms with E-state index in [2.05, 4.69) is 30.7 Å². The van der Waals surface area contributed by atoms with Crippen LogP contribution >= 0.6 is 0 Å². The summed E-state index contributed by atoms with van der Waals surface area (Å²) in [4.78, 5) is 39.3. The van der Waals surface area contributed by atoms with Gasteiger partial charge in [-0.3, -0.25) is 14.6 Å². The maximum absolute atomic E-state index is 13.4. The fraction of sp³-hybridized carbons (Fsp3) is 0.290. The molecule has 0 saturated heterocycles. The van der Waals surface area contributed by atoms with Crippen molar-refractivity contribution in [1.29, 1.82) is 0 Å². The number of furan rings is 1. The summed E-state index contributed by atoms with van der Waals surface area (Å²) in [6.45, 7) is 6.77. The Bertz CT molecular complexity index is 1920. The molecule has 4 heterocycles. The molecule has 0 radical (unpaired) electrons. The number of benzene rings is 1. The number of aryl methyl sites for hydroxylation is 3. The predicted molar refractivity (Wildman–Crippen MR) is 155 cm³/mol. The topological polar surface area (TPSA) is 136 Å². The zero-order valence-corrected chi connectivity index (χ0v) is 24.5. The SMILES string of the molecule is [2H]c1nc(C(C)(C)NC(=O)c2cc(-c3cc4c(C(=O)NC)c(-c5ccc(C)cc5)oc4nc3CCC(F)(F)F)cnc2C)no1. The van der Waals surface area contributed by atoms with E-state index in [1.807, 2.05) is 19.1 Å². The number of aromatic nitrogens is 4. The van der Waals surface area contributed by atoms with E-state index < -0.39 is 42.7 Å². The van der Waals surface area contributed by atoms with Crippen LogP contribution < -0.4 is 10.6 Å². The predicted octanol–water partition coefficient (Wildman–Crippen LogP) is 6.08. The molecule has 0 aliphatic rings. The first kappa shape index (κ1) is 29.0. The summed E-state index contributed by atoms with van der Waals surface area (Å²) in [5.74, 6) is -0.734. The summed E-state index contributed by atoms with van der Waals surface area (Å²) in [5.41, 5.74) is 1.72. The molecule has 1 aromatic carbocycles. The van der Waals surface area contributed by atoms with Gasteiger partial charge in [0, 0.05) is 36.4 Å². The number of alkyl halides is 3. The average molecular weight is 608 g/mol. The van der Waals surface area contributed by atoms with E-state index in [1.165, 1.54) is 19.3 Å². The van der Waals surface area contributed by atoms with Crippen LogP contribution in [-0.2, 0) is 12.0 Å². The highest BCUT2D eigenvalue weighted by atomic mass is 19.4. The molecule has 0 fully saturated rings. The number of amides is 2. The number of hydrogen-bond acceptors (Lipinski definition) is 8. The number of fused-ring (bicyclic) bond motifs is 1. The van der Waals surface area contributed by atoms with E-state index in [0.717, 1.165) is 5.56 Å². The zero-order valence-electron chi connectivity index (χ0n) is 25.5. The van der Waals surface area contributed by atoms with Gasteiger partial charge in [-0.1, -0.05) is 35.0 Å². The fourth-order valence-electron chi connectivity index (χ4n) is 4.74. The highest BCUT2D eigenvalue weighted by molar-refractivity contribution is 6.11. The lowest BCUT2D eigenvalue weighted by Gasteiger charge is -2.23. The van der Waals surface area contributed by atoms with Gasteiger partial charge in [-0.05, 0) is 46.2 Å². The van der Waals surface area contributed by atoms with E-state index in [1.54, 1.807) is 39.0 Å². The first-order chi connectivity index (χ1) is 21.2. The number of rotatable bonds is 8. The van der Waals surface area contributed by atoms with Crippen molar-refractivity contribution in [2.24, 2.45) is 0 Å². The molecule has 5 rings (SSSR count). The first-order valence-corrected chi connectivity index (χ1v) is 13.6. The molecular weight excluding hydrogens is 577 g/mol. The number of hydrogen-bond donors (Lipinski definition) is 2. The van der Waals surface area contributed by atoms with Crippen LogP contribution in [0.4, 0.5) is 13.2 Å². The van der Waals surface area contributed by atoms with Crippen LogP contribution in [0, 0.1) is 13.8 Å². The summed E-state index contributed by atoms with van der Waals surface area (Å²) < 4.78 is 58.4. The van der Waals surface area contributed by atoms with Crippen LogP contribution in [0.25, 0.3) is 33.6 Å². The van der Waals surface area contributed by atoms with E-state index in [-0.39, 0.29) is 45.1 Å². The fourth-order valence-corrected chi connectivity index (χ4v) is 4.74. The number of carbonyl (C=O) groups excluding carboxylic acids is 2. The van der Waals surface area contributed by atoms with Gasteiger partial charge in [-0.25, -0.2) is 4.98 Å². The van der Waals surface area contributed by atoms with Crippen molar-refractivity contribution in [3.8, 4) is 22.5 Å². The van der Waals surface area contributed by atoms with Gasteiger partial charge in [0.1, 0.15) is 7.13 Å². The molecule has 2 N–H and O–H groups in total. The van der Waals surface area contributed by atoms with Gasteiger partial charge >= 0.3 is 6.18 Å². The van der Waals surface area contributed by atoms with Gasteiger partial charge in [-0.2, -0.15) is 18.2 Å². The largest absolute Gasteiger partial charge is 0.437 e. The summed E-state index contributed by atoms with van der Waals surface area (Å²) in [6.07, 6.45) is -5.09. The molecule has 0 aliphatic heterocycles. The molecule has 13 heteroatoms. The van der Waals surface area contributed by atoms with Gasteiger partial charge in [0.25, 0.3) is 11.8 Å². The maximum Gasteiger partial charge on any atom is 0.389 e. The smallest absolute Gasteiger partial charge is 0.389 e. The first-order valence-electron chi connectivity index (χ1n) is 14.1. The van der Waals surface area contributed by atoms with Crippen LogP contribution in [0.5, 0.6) is 0 Å². The monoisotopic (exact) mass is 607 g/mol. The summed E-state index contributed by atoms with van der Waals surface area (Å²) >= 11 is 0. The number of halogens is 3. The Kier molecular flexibility index (Phi) is 7.62. The molecule has 10 nitrogen and oxygen atoms in total. The average Bonchev–Trinajstić information content (AvgIpc) is 3.59. The van der Waals surface area contributed by atoms with Crippen molar-refractivity contribution in [1.82, 2.24) is 30.7 Å². The second kappa shape index (κ2) is 11.5. The molecule has 44 heavy (non-hydrogen) atoms. The number of carbonyl (C=O) groups is 2. The van der Waals surface area contributed by atoms with Crippen molar-refractivity contribution in [2.75, 3.05) is 7.05 Å². The Balaban J connectivity index is 1.65. The maximum atomic E-state index is 13.4. The molecular formula is C31H29F3N6O4. The third kappa shape index (κ3) is 6.17. The lowest BCUT2D eigenvalue weighted by atomic mass is 9.97. The van der Waals surface area contributed by atoms with Crippen molar-refractivity contribution < 1.29 is 33.1 Å². The Morgan fingerprint density at radius 1 is 1.02 bits per heavy atom. The minimum Gasteiger partial charge on any atom is -0.437 e. The third-order valence-corrected chi connectivity index (χ3v) is 7.13. The van der Waals surface area contributed by atoms with Gasteiger partial charge < -0.3 is 19.6 Å². The van der Waals surface area contributed by atoms with Crippen molar-refractivity contribution >= 4 is 22.9 Å². The normalized spacial score (nSPS) is 12.3. The van der Waals surface area contributed by atoms with Crippen molar-refractivity contribution in [3.05, 3.63) is 82.9 Å². The molecule has 5 aromatic rings. The van der Waals surface area contributed by atoms with E-state index in [4.69, 9.17) is 10.3 Å². The molecule has 2 amide bonds. The standard InChI is InChI=1S/C31H29F3N6O4/c1-16-6-8-18(9-7-16)25-24(27(42)35-5)22-13-21(23(38-28(22)44-25)10-11-31(32,33)34)19-12-20(17(2)36-14-19)26(41)39-30(3,4)29-37-15-43-40-29/h6-9,12-15H,10-11H2,1-5H3,(H,35,42)(H,39,41)/i15D. The highest BCUT2D eigenvalue weighted by Crippen LogP contribution is 2.37. The van der Waals surface area contributed by atoms with Crippen LogP contribution in [0.2, 0.25) is 0 Å². The Morgan fingerprint density at radius 2 is 1.75 bits per heavy atom. The lowest BCUT2D eigenvalue weighted by Crippen LogP contribution is -2.42. The summed E-state index contributed by atoms with van der Waals surface area (Å²) in [7, 11) is 1.46. The van der Waals surface area contributed by atoms with Gasteiger partial charge in [0.15, 0.2) is 5.82 Å². The molecule has 0 unspecified atom stereocenters. The molecule has 0 bridgehead atoms. The van der Waals surface area contributed by atoms with Crippen molar-refractivity contribution in [2.45, 2.75) is 52.3 Å². The highest BCUT2D eigenvalue weighted by Gasteiger charge is 2.31. The molecule has 228 valence electrons. The van der Waals surface area contributed by atoms with E-state index >= 15 is 0 Å².